The van der Waals surface area contributed by atoms with Crippen LogP contribution in [0.1, 0.15) is 18.9 Å². The van der Waals surface area contributed by atoms with Gasteiger partial charge in [0.25, 0.3) is 0 Å². The number of halogens is 1. The molecule has 15 heavy (non-hydrogen) atoms. The van der Waals surface area contributed by atoms with E-state index in [0.29, 0.717) is 6.54 Å². The highest BCUT2D eigenvalue weighted by Crippen LogP contribution is 2.24. The molecule has 0 saturated carbocycles. The summed E-state index contributed by atoms with van der Waals surface area (Å²) < 4.78 is 6.67. The summed E-state index contributed by atoms with van der Waals surface area (Å²) in [5, 5.41) is 0. The molecule has 2 N–H and O–H groups in total. The lowest BCUT2D eigenvalue weighted by Crippen LogP contribution is -1.97. The van der Waals surface area contributed by atoms with Gasteiger partial charge >= 0.3 is 0 Å². The number of rotatable bonds is 5. The van der Waals surface area contributed by atoms with E-state index in [-0.39, 0.29) is 0 Å². The van der Waals surface area contributed by atoms with E-state index in [9.17, 15) is 0 Å². The Morgan fingerprint density at radius 2 is 2.27 bits per heavy atom. The molecule has 0 atom stereocenters. The number of benzene rings is 1. The highest BCUT2D eigenvalue weighted by atomic mass is 79.9. The molecule has 3 heteroatoms. The summed E-state index contributed by atoms with van der Waals surface area (Å²) in [6.07, 6.45) is 4.91. The smallest absolute Gasteiger partial charge is 0.126 e. The normalized spacial score (nSPS) is 10.9. The summed E-state index contributed by atoms with van der Waals surface area (Å²) in [4.78, 5) is 0. The lowest BCUT2D eigenvalue weighted by atomic mass is 10.2. The predicted molar refractivity (Wildman–Crippen MR) is 68.0 cm³/mol. The van der Waals surface area contributed by atoms with Crippen molar-refractivity contribution in [1.82, 2.24) is 0 Å². The van der Waals surface area contributed by atoms with E-state index in [0.717, 1.165) is 28.8 Å². The second-order valence-electron chi connectivity index (χ2n) is 3.17. The third-order valence-corrected chi connectivity index (χ3v) is 2.36. The molecule has 2 nitrogen and oxygen atoms in total. The molecule has 0 aliphatic carbocycles. The highest BCUT2D eigenvalue weighted by Gasteiger charge is 2.00. The fourth-order valence-corrected chi connectivity index (χ4v) is 1.57. The van der Waals surface area contributed by atoms with Gasteiger partial charge in [0.05, 0.1) is 6.61 Å². The van der Waals surface area contributed by atoms with Crippen molar-refractivity contribution in [3.63, 3.8) is 0 Å². The SMILES string of the molecule is CCCOc1ccc(Br)cc1C=CCN. The first-order valence-corrected chi connectivity index (χ1v) is 5.86. The molecule has 0 spiro atoms. The largest absolute Gasteiger partial charge is 0.493 e. The van der Waals surface area contributed by atoms with Crippen LogP contribution in [-0.2, 0) is 0 Å². The highest BCUT2D eigenvalue weighted by molar-refractivity contribution is 9.10. The van der Waals surface area contributed by atoms with Gasteiger partial charge in [-0.2, -0.15) is 0 Å². The molecular weight excluding hydrogens is 254 g/mol. The molecule has 0 radical (unpaired) electrons. The molecule has 0 bridgehead atoms. The van der Waals surface area contributed by atoms with Crippen molar-refractivity contribution in [2.75, 3.05) is 13.2 Å². The van der Waals surface area contributed by atoms with Crippen LogP contribution in [0, 0.1) is 0 Å². The van der Waals surface area contributed by atoms with E-state index in [1.165, 1.54) is 0 Å². The number of hydrogen-bond donors (Lipinski definition) is 1. The van der Waals surface area contributed by atoms with Crippen LogP contribution in [0.5, 0.6) is 5.75 Å². The monoisotopic (exact) mass is 269 g/mol. The molecule has 0 saturated heterocycles. The van der Waals surface area contributed by atoms with E-state index in [1.54, 1.807) is 0 Å². The standard InChI is InChI=1S/C12H16BrNO/c1-2-8-15-12-6-5-11(13)9-10(12)4-3-7-14/h3-6,9H,2,7-8,14H2,1H3. The Hall–Kier alpha value is -0.800. The van der Waals surface area contributed by atoms with Crippen molar-refractivity contribution < 1.29 is 4.74 Å². The fraction of sp³-hybridized carbons (Fsp3) is 0.333. The minimum Gasteiger partial charge on any atom is -0.493 e. The fourth-order valence-electron chi connectivity index (χ4n) is 1.19. The number of hydrogen-bond acceptors (Lipinski definition) is 2. The van der Waals surface area contributed by atoms with Crippen molar-refractivity contribution in [2.24, 2.45) is 5.73 Å². The Balaban J connectivity index is 2.87. The summed E-state index contributed by atoms with van der Waals surface area (Å²) in [5.74, 6) is 0.907. The first-order valence-electron chi connectivity index (χ1n) is 5.07. The van der Waals surface area contributed by atoms with Crippen LogP contribution in [0.15, 0.2) is 28.7 Å². The molecule has 82 valence electrons. The van der Waals surface area contributed by atoms with Crippen LogP contribution in [0.3, 0.4) is 0 Å². The third kappa shape index (κ3) is 4.06. The third-order valence-electron chi connectivity index (χ3n) is 1.87. The summed E-state index contributed by atoms with van der Waals surface area (Å²) >= 11 is 3.44. The van der Waals surface area contributed by atoms with Gasteiger partial charge in [0.15, 0.2) is 0 Å². The van der Waals surface area contributed by atoms with Gasteiger partial charge in [0.1, 0.15) is 5.75 Å². The average Bonchev–Trinajstić information content (AvgIpc) is 2.25. The van der Waals surface area contributed by atoms with Gasteiger partial charge in [0.2, 0.25) is 0 Å². The van der Waals surface area contributed by atoms with Gasteiger partial charge in [-0.25, -0.2) is 0 Å². The minimum atomic E-state index is 0.541. The van der Waals surface area contributed by atoms with Crippen molar-refractivity contribution in [2.45, 2.75) is 13.3 Å². The maximum atomic E-state index is 5.63. The van der Waals surface area contributed by atoms with Crippen LogP contribution < -0.4 is 10.5 Å². The van der Waals surface area contributed by atoms with Gasteiger partial charge < -0.3 is 10.5 Å². The molecule has 1 aromatic rings. The van der Waals surface area contributed by atoms with Gasteiger partial charge in [-0.1, -0.05) is 35.0 Å². The predicted octanol–water partition coefficient (Wildman–Crippen LogP) is 3.21. The zero-order valence-electron chi connectivity index (χ0n) is 8.87. The zero-order valence-corrected chi connectivity index (χ0v) is 10.5. The van der Waals surface area contributed by atoms with Crippen molar-refractivity contribution in [3.05, 3.63) is 34.3 Å². The van der Waals surface area contributed by atoms with Crippen LogP contribution in [-0.4, -0.2) is 13.2 Å². The Kier molecular flexibility index (Phi) is 5.43. The molecule has 0 heterocycles. The lowest BCUT2D eigenvalue weighted by Gasteiger charge is -2.08. The molecule has 0 aliphatic heterocycles. The Bertz CT molecular complexity index is 336. The van der Waals surface area contributed by atoms with Crippen molar-refractivity contribution in [3.8, 4) is 5.75 Å². The van der Waals surface area contributed by atoms with Gasteiger partial charge in [-0.05, 0) is 24.6 Å². The number of ether oxygens (including phenoxy) is 1. The maximum absolute atomic E-state index is 5.63. The quantitative estimate of drug-likeness (QED) is 0.891. The van der Waals surface area contributed by atoms with Crippen LogP contribution >= 0.6 is 15.9 Å². The summed E-state index contributed by atoms with van der Waals surface area (Å²) in [6, 6.07) is 5.97. The van der Waals surface area contributed by atoms with E-state index >= 15 is 0 Å². The van der Waals surface area contributed by atoms with Crippen LogP contribution in [0.4, 0.5) is 0 Å². The average molecular weight is 270 g/mol. The van der Waals surface area contributed by atoms with E-state index in [2.05, 4.69) is 22.9 Å². The molecule has 1 aromatic carbocycles. The van der Waals surface area contributed by atoms with E-state index < -0.39 is 0 Å². The van der Waals surface area contributed by atoms with Gasteiger partial charge in [-0.3, -0.25) is 0 Å². The first kappa shape index (κ1) is 12.3. The molecule has 0 aliphatic rings. The summed E-state index contributed by atoms with van der Waals surface area (Å²) in [6.45, 7) is 3.37. The van der Waals surface area contributed by atoms with Crippen LogP contribution in [0.2, 0.25) is 0 Å². The van der Waals surface area contributed by atoms with E-state index in [4.69, 9.17) is 10.5 Å². The van der Waals surface area contributed by atoms with Crippen LogP contribution in [0.25, 0.3) is 6.08 Å². The molecule has 0 amide bonds. The maximum Gasteiger partial charge on any atom is 0.126 e. The Labute approximate surface area is 99.3 Å². The molecule has 0 fully saturated rings. The lowest BCUT2D eigenvalue weighted by molar-refractivity contribution is 0.317. The second-order valence-corrected chi connectivity index (χ2v) is 4.08. The Morgan fingerprint density at radius 1 is 1.47 bits per heavy atom. The first-order chi connectivity index (χ1) is 7.27. The van der Waals surface area contributed by atoms with Crippen molar-refractivity contribution in [1.29, 1.82) is 0 Å². The second kappa shape index (κ2) is 6.64. The minimum absolute atomic E-state index is 0.541. The van der Waals surface area contributed by atoms with Gasteiger partial charge in [0, 0.05) is 16.6 Å². The summed E-state index contributed by atoms with van der Waals surface area (Å²) in [5.41, 5.74) is 6.48. The molecule has 0 unspecified atom stereocenters. The van der Waals surface area contributed by atoms with Gasteiger partial charge in [-0.15, -0.1) is 0 Å². The zero-order chi connectivity index (χ0) is 11.1. The molecule has 1 rings (SSSR count). The topological polar surface area (TPSA) is 35.2 Å². The van der Waals surface area contributed by atoms with E-state index in [1.807, 2.05) is 30.4 Å². The Morgan fingerprint density at radius 3 is 2.93 bits per heavy atom. The summed E-state index contributed by atoms with van der Waals surface area (Å²) in [7, 11) is 0. The number of nitrogens with two attached hydrogens (primary N) is 1. The molecular formula is C12H16BrNO. The van der Waals surface area contributed by atoms with Crippen molar-refractivity contribution >= 4 is 22.0 Å². The molecule has 0 aromatic heterocycles.